The van der Waals surface area contributed by atoms with Crippen LogP contribution in [0.5, 0.6) is 0 Å². The number of anilines is 1. The van der Waals surface area contributed by atoms with Gasteiger partial charge in [-0.3, -0.25) is 4.90 Å². The smallest absolute Gasteiger partial charge is 0.137 e. The minimum absolute atomic E-state index is 0.407. The lowest BCUT2D eigenvalue weighted by Gasteiger charge is -2.42. The Bertz CT molecular complexity index is 1150. The molecule has 1 N–H and O–H groups in total. The van der Waals surface area contributed by atoms with E-state index in [1.807, 2.05) is 12.3 Å². The van der Waals surface area contributed by atoms with Gasteiger partial charge in [0.2, 0.25) is 0 Å². The van der Waals surface area contributed by atoms with Gasteiger partial charge in [-0.05, 0) is 36.6 Å². The highest BCUT2D eigenvalue weighted by atomic mass is 15.3. The Morgan fingerprint density at radius 1 is 1.10 bits per heavy atom. The molecule has 158 valence electrons. The molecule has 2 unspecified atom stereocenters. The SMILES string of the molecule is CC1CCN(Cc2ccccc2)CC1N(C)c1cc(-c2c[nH]c3ncccc23)ncn1. The van der Waals surface area contributed by atoms with Crippen molar-refractivity contribution in [3.05, 3.63) is 72.8 Å². The lowest BCUT2D eigenvalue weighted by atomic mass is 9.92. The molecule has 5 rings (SSSR count). The van der Waals surface area contributed by atoms with E-state index in [4.69, 9.17) is 0 Å². The number of aromatic amines is 1. The molecule has 1 aromatic carbocycles. The number of piperidine rings is 1. The molecule has 1 aliphatic heterocycles. The standard InChI is InChI=1S/C25H28N6/c1-18-10-12-31(15-19-7-4-3-5-8-19)16-23(18)30(2)24-13-22(28-17-29-24)21-14-27-25-20(21)9-6-11-26-25/h3-9,11,13-14,17-18,23H,10,12,15-16H2,1-2H3,(H,26,27). The summed E-state index contributed by atoms with van der Waals surface area (Å²) in [6.45, 7) is 5.52. The summed E-state index contributed by atoms with van der Waals surface area (Å²) in [4.78, 5) is 21.7. The van der Waals surface area contributed by atoms with Crippen molar-refractivity contribution >= 4 is 16.9 Å². The molecule has 1 fully saturated rings. The third-order valence-electron chi connectivity index (χ3n) is 6.49. The Morgan fingerprint density at radius 2 is 1.97 bits per heavy atom. The van der Waals surface area contributed by atoms with Crippen molar-refractivity contribution < 1.29 is 0 Å². The molecule has 0 amide bonds. The van der Waals surface area contributed by atoms with Crippen LogP contribution in [0.1, 0.15) is 18.9 Å². The van der Waals surface area contributed by atoms with E-state index in [1.54, 1.807) is 12.5 Å². The normalized spacial score (nSPS) is 19.5. The van der Waals surface area contributed by atoms with Gasteiger partial charge in [-0.1, -0.05) is 37.3 Å². The Morgan fingerprint density at radius 3 is 2.84 bits per heavy atom. The van der Waals surface area contributed by atoms with Crippen molar-refractivity contribution in [3.8, 4) is 11.3 Å². The molecule has 1 saturated heterocycles. The first-order valence-corrected chi connectivity index (χ1v) is 10.9. The van der Waals surface area contributed by atoms with Crippen molar-refractivity contribution in [1.82, 2.24) is 24.8 Å². The largest absolute Gasteiger partial charge is 0.355 e. The second-order valence-electron chi connectivity index (χ2n) is 8.53. The van der Waals surface area contributed by atoms with Crippen LogP contribution < -0.4 is 4.90 Å². The molecular formula is C25H28N6. The van der Waals surface area contributed by atoms with Crippen molar-refractivity contribution in [1.29, 1.82) is 0 Å². The summed E-state index contributed by atoms with van der Waals surface area (Å²) in [6.07, 6.45) is 6.64. The summed E-state index contributed by atoms with van der Waals surface area (Å²) in [7, 11) is 2.16. The number of benzene rings is 1. The first-order valence-electron chi connectivity index (χ1n) is 10.9. The highest BCUT2D eigenvalue weighted by Gasteiger charge is 2.30. The Balaban J connectivity index is 1.37. The molecule has 2 atom stereocenters. The van der Waals surface area contributed by atoms with Gasteiger partial charge in [0.05, 0.1) is 5.69 Å². The predicted octanol–water partition coefficient (Wildman–Crippen LogP) is 4.37. The Hall–Kier alpha value is -3.25. The predicted molar refractivity (Wildman–Crippen MR) is 125 cm³/mol. The molecule has 0 saturated carbocycles. The number of hydrogen-bond donors (Lipinski definition) is 1. The van der Waals surface area contributed by atoms with Crippen LogP contribution in [0, 0.1) is 5.92 Å². The van der Waals surface area contributed by atoms with Crippen LogP contribution in [0.4, 0.5) is 5.82 Å². The van der Waals surface area contributed by atoms with E-state index in [1.165, 1.54) is 12.0 Å². The van der Waals surface area contributed by atoms with E-state index in [2.05, 4.69) is 86.2 Å². The fourth-order valence-corrected chi connectivity index (χ4v) is 4.63. The average Bonchev–Trinajstić information content (AvgIpc) is 3.25. The summed E-state index contributed by atoms with van der Waals surface area (Å²) < 4.78 is 0. The van der Waals surface area contributed by atoms with Gasteiger partial charge < -0.3 is 9.88 Å². The van der Waals surface area contributed by atoms with E-state index in [-0.39, 0.29) is 0 Å². The number of fused-ring (bicyclic) bond motifs is 1. The van der Waals surface area contributed by atoms with Gasteiger partial charge in [-0.25, -0.2) is 15.0 Å². The second kappa shape index (κ2) is 8.47. The topological polar surface area (TPSA) is 60.9 Å². The number of aromatic nitrogens is 4. The summed E-state index contributed by atoms with van der Waals surface area (Å²) in [6, 6.07) is 17.3. The fourth-order valence-electron chi connectivity index (χ4n) is 4.63. The van der Waals surface area contributed by atoms with Crippen LogP contribution in [0.25, 0.3) is 22.3 Å². The van der Waals surface area contributed by atoms with Gasteiger partial charge in [0.1, 0.15) is 17.8 Å². The maximum Gasteiger partial charge on any atom is 0.137 e. The number of likely N-dealkylation sites (N-methyl/N-ethyl adjacent to an activating group) is 1. The zero-order valence-electron chi connectivity index (χ0n) is 18.1. The number of likely N-dealkylation sites (tertiary alicyclic amines) is 1. The molecule has 6 nitrogen and oxygen atoms in total. The quantitative estimate of drug-likeness (QED) is 0.528. The average molecular weight is 413 g/mol. The van der Waals surface area contributed by atoms with Crippen LogP contribution >= 0.6 is 0 Å². The molecule has 0 radical (unpaired) electrons. The van der Waals surface area contributed by atoms with Gasteiger partial charge in [0.15, 0.2) is 0 Å². The Kier molecular flexibility index (Phi) is 5.38. The van der Waals surface area contributed by atoms with Gasteiger partial charge in [-0.15, -0.1) is 0 Å². The summed E-state index contributed by atoms with van der Waals surface area (Å²) in [5.41, 5.74) is 4.22. The molecule has 6 heteroatoms. The monoisotopic (exact) mass is 412 g/mol. The van der Waals surface area contributed by atoms with Crippen molar-refractivity contribution in [2.75, 3.05) is 25.0 Å². The Labute approximate surface area is 183 Å². The van der Waals surface area contributed by atoms with E-state index in [9.17, 15) is 0 Å². The fraction of sp³-hybridized carbons (Fsp3) is 0.320. The molecule has 3 aromatic heterocycles. The van der Waals surface area contributed by atoms with Crippen LogP contribution in [0.3, 0.4) is 0 Å². The third kappa shape index (κ3) is 4.03. The first-order chi connectivity index (χ1) is 15.2. The van der Waals surface area contributed by atoms with Gasteiger partial charge in [-0.2, -0.15) is 0 Å². The summed E-state index contributed by atoms with van der Waals surface area (Å²) >= 11 is 0. The van der Waals surface area contributed by atoms with E-state index >= 15 is 0 Å². The highest BCUT2D eigenvalue weighted by Crippen LogP contribution is 2.30. The molecule has 1 aliphatic rings. The number of nitrogens with one attached hydrogen (secondary N) is 1. The molecule has 0 bridgehead atoms. The molecule has 4 heterocycles. The number of rotatable bonds is 5. The van der Waals surface area contributed by atoms with E-state index in [0.717, 1.165) is 47.7 Å². The minimum atomic E-state index is 0.407. The lowest BCUT2D eigenvalue weighted by molar-refractivity contribution is 0.159. The minimum Gasteiger partial charge on any atom is -0.355 e. The van der Waals surface area contributed by atoms with Gasteiger partial charge >= 0.3 is 0 Å². The number of pyridine rings is 1. The van der Waals surface area contributed by atoms with E-state index < -0.39 is 0 Å². The second-order valence-corrected chi connectivity index (χ2v) is 8.53. The van der Waals surface area contributed by atoms with Crippen molar-refractivity contribution in [2.45, 2.75) is 25.9 Å². The molecular weight excluding hydrogens is 384 g/mol. The van der Waals surface area contributed by atoms with E-state index in [0.29, 0.717) is 12.0 Å². The van der Waals surface area contributed by atoms with Crippen LogP contribution in [-0.4, -0.2) is 51.0 Å². The van der Waals surface area contributed by atoms with Crippen LogP contribution in [0.2, 0.25) is 0 Å². The number of H-pyrrole nitrogens is 1. The highest BCUT2D eigenvalue weighted by molar-refractivity contribution is 5.92. The molecule has 4 aromatic rings. The zero-order valence-corrected chi connectivity index (χ0v) is 18.1. The molecule has 31 heavy (non-hydrogen) atoms. The first kappa shape index (κ1) is 19.7. The molecule has 0 spiro atoms. The maximum absolute atomic E-state index is 4.62. The third-order valence-corrected chi connectivity index (χ3v) is 6.49. The number of hydrogen-bond acceptors (Lipinski definition) is 5. The van der Waals surface area contributed by atoms with Gasteiger partial charge in [0, 0.05) is 55.6 Å². The van der Waals surface area contributed by atoms with Crippen LogP contribution in [0.15, 0.2) is 67.3 Å². The van der Waals surface area contributed by atoms with Crippen LogP contribution in [-0.2, 0) is 6.54 Å². The summed E-state index contributed by atoms with van der Waals surface area (Å²) in [5, 5.41) is 1.08. The van der Waals surface area contributed by atoms with Gasteiger partial charge in [0.25, 0.3) is 0 Å². The maximum atomic E-state index is 4.62. The summed E-state index contributed by atoms with van der Waals surface area (Å²) in [5.74, 6) is 1.56. The lowest BCUT2D eigenvalue weighted by Crippen LogP contribution is -2.50. The molecule has 0 aliphatic carbocycles. The van der Waals surface area contributed by atoms with Crippen molar-refractivity contribution in [3.63, 3.8) is 0 Å². The van der Waals surface area contributed by atoms with Crippen molar-refractivity contribution in [2.24, 2.45) is 5.92 Å². The number of nitrogens with zero attached hydrogens (tertiary/aromatic N) is 5. The zero-order chi connectivity index (χ0) is 21.2.